The predicted octanol–water partition coefficient (Wildman–Crippen LogP) is 14.2. The largest absolute Gasteiger partial charge is 0.309 e. The van der Waals surface area contributed by atoms with Crippen molar-refractivity contribution in [1.82, 2.24) is 28.7 Å². The molecule has 63 heavy (non-hydrogen) atoms. The number of fused-ring (bicyclic) bond motifs is 9. The van der Waals surface area contributed by atoms with Crippen LogP contribution in [0.25, 0.3) is 117 Å². The van der Waals surface area contributed by atoms with E-state index in [9.17, 15) is 0 Å². The minimum Gasteiger partial charge on any atom is -0.309 e. The van der Waals surface area contributed by atoms with Crippen molar-refractivity contribution < 1.29 is 0 Å². The van der Waals surface area contributed by atoms with Crippen LogP contribution < -0.4 is 0 Å². The van der Waals surface area contributed by atoms with Gasteiger partial charge in [0.1, 0.15) is 0 Å². The molecule has 0 aliphatic heterocycles. The summed E-state index contributed by atoms with van der Waals surface area (Å²) in [6.07, 6.45) is 0. The first-order chi connectivity index (χ1) is 31.3. The average Bonchev–Trinajstić information content (AvgIpc) is 3.99. The Kier molecular flexibility index (Phi) is 7.80. The standard InChI is InChI=1S/C57H36N6/c1-4-17-37(18-5-1)38-31-33-40(34-32-38)55-58-56(62-50-29-15-12-25-45(50)54-42(26-16-30-51(54)62)39-19-6-2-7-20-39)60-57(59-55)63-49-28-14-11-24-44(49)47-35-52-46(36-53(47)63)43-23-10-13-27-48(43)61(52)41-21-8-3-9-22-41/h1-36H. The summed E-state index contributed by atoms with van der Waals surface area (Å²) >= 11 is 0. The number of nitrogens with zero attached hydrogens (tertiary/aromatic N) is 6. The van der Waals surface area contributed by atoms with Crippen LogP contribution in [0.2, 0.25) is 0 Å². The third kappa shape index (κ3) is 5.48. The lowest BCUT2D eigenvalue weighted by molar-refractivity contribution is 0.893. The highest BCUT2D eigenvalue weighted by atomic mass is 15.3. The molecule has 0 aliphatic rings. The first-order valence-corrected chi connectivity index (χ1v) is 21.3. The van der Waals surface area contributed by atoms with Crippen molar-refractivity contribution in [1.29, 1.82) is 0 Å². The van der Waals surface area contributed by atoms with E-state index in [0.717, 1.165) is 93.5 Å². The van der Waals surface area contributed by atoms with Gasteiger partial charge in [-0.2, -0.15) is 15.0 Å². The highest BCUT2D eigenvalue weighted by Gasteiger charge is 2.23. The third-order valence-corrected chi connectivity index (χ3v) is 12.5. The highest BCUT2D eigenvalue weighted by Crippen LogP contribution is 2.41. The molecule has 0 bridgehead atoms. The fourth-order valence-corrected chi connectivity index (χ4v) is 9.72. The smallest absolute Gasteiger partial charge is 0.240 e. The van der Waals surface area contributed by atoms with Crippen LogP contribution >= 0.6 is 0 Å². The molecule has 6 heteroatoms. The Balaban J connectivity index is 1.11. The molecule has 0 unspecified atom stereocenters. The second kappa shape index (κ2) is 14.0. The molecule has 13 rings (SSSR count). The van der Waals surface area contributed by atoms with Gasteiger partial charge >= 0.3 is 0 Å². The van der Waals surface area contributed by atoms with Gasteiger partial charge in [-0.3, -0.25) is 9.13 Å². The van der Waals surface area contributed by atoms with Crippen LogP contribution in [-0.2, 0) is 0 Å². The van der Waals surface area contributed by atoms with Gasteiger partial charge in [0.25, 0.3) is 0 Å². The molecular formula is C57H36N6. The van der Waals surface area contributed by atoms with Gasteiger partial charge < -0.3 is 4.57 Å². The van der Waals surface area contributed by atoms with Crippen LogP contribution in [0.4, 0.5) is 0 Å². The Hall–Kier alpha value is -8.61. The minimum atomic E-state index is 0.546. The lowest BCUT2D eigenvalue weighted by Gasteiger charge is -2.13. The van der Waals surface area contributed by atoms with Crippen LogP contribution in [0.15, 0.2) is 218 Å². The molecule has 9 aromatic carbocycles. The lowest BCUT2D eigenvalue weighted by atomic mass is 9.99. The second-order valence-electron chi connectivity index (χ2n) is 16.0. The number of para-hydroxylation sites is 4. The summed E-state index contributed by atoms with van der Waals surface area (Å²) in [6, 6.07) is 77.3. The molecule has 0 saturated carbocycles. The van der Waals surface area contributed by atoms with Gasteiger partial charge in [-0.1, -0.05) is 170 Å². The highest BCUT2D eigenvalue weighted by molar-refractivity contribution is 6.19. The molecule has 4 heterocycles. The number of rotatable bonds is 6. The predicted molar refractivity (Wildman–Crippen MR) is 259 cm³/mol. The summed E-state index contributed by atoms with van der Waals surface area (Å²) in [5.41, 5.74) is 13.0. The molecule has 0 spiro atoms. The Bertz CT molecular complexity index is 3880. The number of hydrogen-bond donors (Lipinski definition) is 0. The van der Waals surface area contributed by atoms with Gasteiger partial charge in [0.2, 0.25) is 11.9 Å². The van der Waals surface area contributed by atoms with Crippen LogP contribution in [0.5, 0.6) is 0 Å². The first kappa shape index (κ1) is 35.2. The van der Waals surface area contributed by atoms with Gasteiger partial charge in [0.15, 0.2) is 5.82 Å². The van der Waals surface area contributed by atoms with E-state index >= 15 is 0 Å². The summed E-state index contributed by atoms with van der Waals surface area (Å²) in [4.78, 5) is 16.3. The van der Waals surface area contributed by atoms with E-state index in [1.54, 1.807) is 0 Å². The van der Waals surface area contributed by atoms with Gasteiger partial charge in [-0.25, -0.2) is 0 Å². The fraction of sp³-hybridized carbons (Fsp3) is 0. The molecule has 0 N–H and O–H groups in total. The zero-order valence-electron chi connectivity index (χ0n) is 34.0. The summed E-state index contributed by atoms with van der Waals surface area (Å²) in [5, 5.41) is 6.89. The van der Waals surface area contributed by atoms with E-state index in [1.165, 1.54) is 5.39 Å². The quantitative estimate of drug-likeness (QED) is 0.168. The Morgan fingerprint density at radius 3 is 1.35 bits per heavy atom. The molecule has 0 saturated heterocycles. The summed E-state index contributed by atoms with van der Waals surface area (Å²) < 4.78 is 6.82. The topological polar surface area (TPSA) is 53.5 Å². The molecule has 0 fully saturated rings. The molecule has 0 aliphatic carbocycles. The molecule has 4 aromatic heterocycles. The van der Waals surface area contributed by atoms with Crippen LogP contribution in [0, 0.1) is 0 Å². The summed E-state index contributed by atoms with van der Waals surface area (Å²) in [7, 11) is 0. The van der Waals surface area contributed by atoms with Crippen molar-refractivity contribution in [3.8, 4) is 51.2 Å². The lowest BCUT2D eigenvalue weighted by Crippen LogP contribution is -2.10. The normalized spacial score (nSPS) is 11.8. The fourth-order valence-electron chi connectivity index (χ4n) is 9.72. The van der Waals surface area contributed by atoms with E-state index in [1.807, 2.05) is 6.07 Å². The van der Waals surface area contributed by atoms with E-state index < -0.39 is 0 Å². The van der Waals surface area contributed by atoms with Crippen LogP contribution in [0.1, 0.15) is 0 Å². The maximum atomic E-state index is 5.51. The molecule has 13 aromatic rings. The third-order valence-electron chi connectivity index (χ3n) is 12.5. The number of hydrogen-bond acceptors (Lipinski definition) is 3. The zero-order chi connectivity index (χ0) is 41.4. The summed E-state index contributed by atoms with van der Waals surface area (Å²) in [5.74, 6) is 1.68. The summed E-state index contributed by atoms with van der Waals surface area (Å²) in [6.45, 7) is 0. The second-order valence-corrected chi connectivity index (χ2v) is 16.0. The van der Waals surface area contributed by atoms with E-state index in [4.69, 9.17) is 15.0 Å². The van der Waals surface area contributed by atoms with Gasteiger partial charge in [-0.05, 0) is 70.8 Å². The average molecular weight is 805 g/mol. The van der Waals surface area contributed by atoms with Crippen molar-refractivity contribution in [2.75, 3.05) is 0 Å². The molecule has 0 amide bonds. The van der Waals surface area contributed by atoms with Crippen molar-refractivity contribution >= 4 is 65.4 Å². The van der Waals surface area contributed by atoms with Gasteiger partial charge in [0, 0.05) is 43.6 Å². The molecule has 0 radical (unpaired) electrons. The maximum Gasteiger partial charge on any atom is 0.240 e. The number of benzene rings is 9. The van der Waals surface area contributed by atoms with Crippen LogP contribution in [-0.4, -0.2) is 28.7 Å². The van der Waals surface area contributed by atoms with Gasteiger partial charge in [-0.15, -0.1) is 0 Å². The Labute approximate surface area is 362 Å². The molecule has 0 atom stereocenters. The van der Waals surface area contributed by atoms with Crippen molar-refractivity contribution in [3.63, 3.8) is 0 Å². The Morgan fingerprint density at radius 2 is 0.714 bits per heavy atom. The van der Waals surface area contributed by atoms with Crippen molar-refractivity contribution in [2.45, 2.75) is 0 Å². The monoisotopic (exact) mass is 804 g/mol. The SMILES string of the molecule is c1ccc(-c2ccc(-c3nc(-n4c5ccccc5c5cc6c(cc54)c4ccccc4n6-c4ccccc4)nc(-n4c5ccccc5c5c(-c6ccccc6)cccc54)n3)cc2)cc1. The Morgan fingerprint density at radius 1 is 0.270 bits per heavy atom. The molecule has 294 valence electrons. The molecule has 6 nitrogen and oxygen atoms in total. The van der Waals surface area contributed by atoms with Crippen molar-refractivity contribution in [3.05, 3.63) is 218 Å². The number of aromatic nitrogens is 6. The maximum absolute atomic E-state index is 5.51. The molecular weight excluding hydrogens is 769 g/mol. The van der Waals surface area contributed by atoms with E-state index in [0.29, 0.717) is 17.7 Å². The van der Waals surface area contributed by atoms with Gasteiger partial charge in [0.05, 0.1) is 33.1 Å². The first-order valence-electron chi connectivity index (χ1n) is 21.3. The van der Waals surface area contributed by atoms with Crippen molar-refractivity contribution in [2.24, 2.45) is 0 Å². The van der Waals surface area contributed by atoms with E-state index in [-0.39, 0.29) is 0 Å². The van der Waals surface area contributed by atoms with E-state index in [2.05, 4.69) is 226 Å². The minimum absolute atomic E-state index is 0.546. The van der Waals surface area contributed by atoms with Crippen LogP contribution in [0.3, 0.4) is 0 Å². The zero-order valence-corrected chi connectivity index (χ0v) is 34.0.